The van der Waals surface area contributed by atoms with E-state index in [1.165, 1.54) is 6.92 Å². The van der Waals surface area contributed by atoms with Gasteiger partial charge in [0.15, 0.2) is 0 Å². The van der Waals surface area contributed by atoms with E-state index in [1.807, 2.05) is 5.92 Å². The monoisotopic (exact) mass is 120 g/mol. The van der Waals surface area contributed by atoms with Gasteiger partial charge in [0, 0.05) is 5.92 Å². The molecule has 0 unspecified atom stereocenters. The van der Waals surface area contributed by atoms with Crippen LogP contribution in [0.4, 0.5) is 0 Å². The van der Waals surface area contributed by atoms with Gasteiger partial charge in [-0.1, -0.05) is 5.92 Å². The molecule has 0 aliphatic rings. The van der Waals surface area contributed by atoms with Gasteiger partial charge in [-0.25, -0.2) is 4.79 Å². The van der Waals surface area contributed by atoms with Gasteiger partial charge in [0.2, 0.25) is 0 Å². The number of carboxylic acid groups (broad SMARTS) is 1. The number of hydrogen-bond acceptors (Lipinski definition) is 1. The molecule has 0 rings (SSSR count). The van der Waals surface area contributed by atoms with Crippen molar-refractivity contribution in [2.24, 2.45) is 0 Å². The zero-order chi connectivity index (χ0) is 4.99. The maximum atomic E-state index is 9.43. The summed E-state index contributed by atoms with van der Waals surface area (Å²) in [4.78, 5) is 9.43. The van der Waals surface area contributed by atoms with E-state index in [9.17, 15) is 4.79 Å². The van der Waals surface area contributed by atoms with Crippen LogP contribution in [0.2, 0.25) is 0 Å². The summed E-state index contributed by atoms with van der Waals surface area (Å²) >= 11 is 0. The van der Waals surface area contributed by atoms with Gasteiger partial charge in [0.25, 0.3) is 0 Å². The highest BCUT2D eigenvalue weighted by Crippen LogP contribution is 1.51. The number of rotatable bonds is 0. The molecule has 0 amide bonds. The van der Waals surface area contributed by atoms with E-state index >= 15 is 0 Å². The van der Waals surface area contributed by atoms with Crippen molar-refractivity contribution >= 4 is 18.4 Å². The maximum Gasteiger partial charge on any atom is 0.381 e. The minimum absolute atomic E-state index is 0. The molecule has 0 aliphatic heterocycles. The van der Waals surface area contributed by atoms with Gasteiger partial charge < -0.3 is 5.11 Å². The Hall–Kier alpha value is -0.680. The molecular formula is C4H5ClO2. The summed E-state index contributed by atoms with van der Waals surface area (Å²) < 4.78 is 0. The van der Waals surface area contributed by atoms with Gasteiger partial charge >= 0.3 is 5.97 Å². The molecule has 0 atom stereocenters. The zero-order valence-corrected chi connectivity index (χ0v) is 4.58. The molecule has 0 radical (unpaired) electrons. The highest BCUT2D eigenvalue weighted by atomic mass is 35.5. The summed E-state index contributed by atoms with van der Waals surface area (Å²) in [5, 5.41) is 7.74. The smallest absolute Gasteiger partial charge is 0.381 e. The van der Waals surface area contributed by atoms with Crippen molar-refractivity contribution in [2.45, 2.75) is 6.92 Å². The van der Waals surface area contributed by atoms with E-state index in [2.05, 4.69) is 5.92 Å². The summed E-state index contributed by atoms with van der Waals surface area (Å²) in [5.41, 5.74) is 0. The first-order valence-corrected chi connectivity index (χ1v) is 1.43. The van der Waals surface area contributed by atoms with Crippen molar-refractivity contribution < 1.29 is 9.90 Å². The Balaban J connectivity index is 0. The van der Waals surface area contributed by atoms with Gasteiger partial charge in [0.05, 0.1) is 0 Å². The van der Waals surface area contributed by atoms with E-state index in [4.69, 9.17) is 5.11 Å². The molecular weight excluding hydrogens is 115 g/mol. The van der Waals surface area contributed by atoms with Crippen LogP contribution < -0.4 is 0 Å². The van der Waals surface area contributed by atoms with Crippen LogP contribution in [0, 0.1) is 11.8 Å². The van der Waals surface area contributed by atoms with Gasteiger partial charge in [-0.2, -0.15) is 0 Å². The van der Waals surface area contributed by atoms with Gasteiger partial charge in [-0.3, -0.25) is 0 Å². The molecule has 3 heteroatoms. The SMILES string of the molecule is CC#CC(=O)O.Cl. The summed E-state index contributed by atoms with van der Waals surface area (Å²) in [6, 6.07) is 0. The Kier molecular flexibility index (Phi) is 7.28. The second kappa shape index (κ2) is 5.32. The topological polar surface area (TPSA) is 37.3 Å². The summed E-state index contributed by atoms with van der Waals surface area (Å²) in [6.07, 6.45) is 0. The second-order valence-electron chi connectivity index (χ2n) is 0.680. The first kappa shape index (κ1) is 9.58. The fraction of sp³-hybridized carbons (Fsp3) is 0.250. The van der Waals surface area contributed by atoms with E-state index in [0.29, 0.717) is 0 Å². The van der Waals surface area contributed by atoms with Gasteiger partial charge in [-0.15, -0.1) is 12.4 Å². The highest BCUT2D eigenvalue weighted by molar-refractivity contribution is 5.86. The molecule has 0 fully saturated rings. The van der Waals surface area contributed by atoms with Gasteiger partial charge in [0.1, 0.15) is 0 Å². The number of hydrogen-bond donors (Lipinski definition) is 1. The normalized spacial score (nSPS) is 4.71. The lowest BCUT2D eigenvalue weighted by Crippen LogP contribution is -1.84. The Labute approximate surface area is 47.9 Å². The molecule has 0 aromatic heterocycles. The molecule has 0 saturated carbocycles. The van der Waals surface area contributed by atoms with Crippen molar-refractivity contribution in [3.63, 3.8) is 0 Å². The van der Waals surface area contributed by atoms with Crippen molar-refractivity contribution in [1.29, 1.82) is 0 Å². The van der Waals surface area contributed by atoms with Crippen LogP contribution in [0.1, 0.15) is 6.92 Å². The molecule has 1 N–H and O–H groups in total. The predicted molar refractivity (Wildman–Crippen MR) is 28.3 cm³/mol. The molecule has 2 nitrogen and oxygen atoms in total. The van der Waals surface area contributed by atoms with E-state index in [0.717, 1.165) is 0 Å². The Morgan fingerprint density at radius 2 is 2.14 bits per heavy atom. The average molecular weight is 121 g/mol. The number of aliphatic carboxylic acids is 1. The van der Waals surface area contributed by atoms with E-state index in [1.54, 1.807) is 0 Å². The van der Waals surface area contributed by atoms with Crippen LogP contribution in [0.3, 0.4) is 0 Å². The molecule has 0 aromatic rings. The lowest BCUT2D eigenvalue weighted by atomic mass is 10.6. The number of carbonyl (C=O) groups is 1. The Bertz CT molecular complexity index is 109. The van der Waals surface area contributed by atoms with Crippen LogP contribution in [-0.4, -0.2) is 11.1 Å². The molecule has 7 heavy (non-hydrogen) atoms. The molecule has 0 bridgehead atoms. The quantitative estimate of drug-likeness (QED) is 0.473. The van der Waals surface area contributed by atoms with Crippen LogP contribution >= 0.6 is 12.4 Å². The van der Waals surface area contributed by atoms with Crippen LogP contribution in [0.5, 0.6) is 0 Å². The van der Waals surface area contributed by atoms with Crippen LogP contribution in [0.25, 0.3) is 0 Å². The lowest BCUT2D eigenvalue weighted by Gasteiger charge is -1.63. The van der Waals surface area contributed by atoms with Crippen molar-refractivity contribution in [2.75, 3.05) is 0 Å². The average Bonchev–Trinajstić information content (AvgIpc) is 1.35. The molecule has 0 saturated heterocycles. The third-order valence-electron chi connectivity index (χ3n) is 0.232. The number of halogens is 1. The first-order chi connectivity index (χ1) is 2.77. The minimum Gasteiger partial charge on any atom is -0.472 e. The van der Waals surface area contributed by atoms with Crippen molar-refractivity contribution in [1.82, 2.24) is 0 Å². The molecule has 0 aliphatic carbocycles. The van der Waals surface area contributed by atoms with Gasteiger partial charge in [-0.05, 0) is 6.92 Å². The predicted octanol–water partition coefficient (Wildman–Crippen LogP) is 0.516. The lowest BCUT2D eigenvalue weighted by molar-refractivity contribution is -0.130. The molecule has 0 spiro atoms. The summed E-state index contributed by atoms with van der Waals surface area (Å²) in [7, 11) is 0. The standard InChI is InChI=1S/C4H4O2.ClH/c1-2-3-4(5)6;/h1H3,(H,5,6);1H. The number of carboxylic acids is 1. The Morgan fingerprint density at radius 3 is 2.14 bits per heavy atom. The first-order valence-electron chi connectivity index (χ1n) is 1.43. The zero-order valence-electron chi connectivity index (χ0n) is 3.76. The van der Waals surface area contributed by atoms with Crippen molar-refractivity contribution in [3.8, 4) is 11.8 Å². The fourth-order valence-electron chi connectivity index (χ4n) is 0.107. The van der Waals surface area contributed by atoms with E-state index < -0.39 is 5.97 Å². The van der Waals surface area contributed by atoms with Crippen LogP contribution in [-0.2, 0) is 4.79 Å². The fourth-order valence-corrected chi connectivity index (χ4v) is 0.107. The third-order valence-corrected chi connectivity index (χ3v) is 0.232. The largest absolute Gasteiger partial charge is 0.472 e. The molecule has 0 heterocycles. The minimum atomic E-state index is -1.07. The highest BCUT2D eigenvalue weighted by Gasteiger charge is 1.76. The van der Waals surface area contributed by atoms with Crippen LogP contribution in [0.15, 0.2) is 0 Å². The molecule has 40 valence electrons. The summed E-state index contributed by atoms with van der Waals surface area (Å²) in [5.74, 6) is 3.02. The second-order valence-corrected chi connectivity index (χ2v) is 0.680. The summed E-state index contributed by atoms with van der Waals surface area (Å²) in [6.45, 7) is 1.48. The maximum absolute atomic E-state index is 9.43. The third kappa shape index (κ3) is 10.9. The molecule has 0 aromatic carbocycles. The Morgan fingerprint density at radius 1 is 1.71 bits per heavy atom. The van der Waals surface area contributed by atoms with Crippen molar-refractivity contribution in [3.05, 3.63) is 0 Å². The van der Waals surface area contributed by atoms with E-state index in [-0.39, 0.29) is 12.4 Å².